The molecule has 0 spiro atoms. The van der Waals surface area contributed by atoms with Crippen LogP contribution in [0, 0.1) is 0 Å². The summed E-state index contributed by atoms with van der Waals surface area (Å²) < 4.78 is 2.12. The summed E-state index contributed by atoms with van der Waals surface area (Å²) in [6.07, 6.45) is 3.83. The smallest absolute Gasteiger partial charge is 0.139 e. The van der Waals surface area contributed by atoms with Gasteiger partial charge in [-0.3, -0.25) is 0 Å². The lowest BCUT2D eigenvalue weighted by Crippen LogP contribution is -1.96. The number of rotatable bonds is 1. The Hall–Kier alpha value is 0.130. The number of hydrogen-bond acceptors (Lipinski definition) is 1. The Morgan fingerprint density at radius 1 is 1.50 bits per heavy atom. The molecular formula is C4H11NP+. The van der Waals surface area contributed by atoms with Crippen molar-refractivity contribution in [3.8, 4) is 0 Å². The highest BCUT2D eigenvalue weighted by Gasteiger charge is 1.95. The average Bonchev–Trinajstić information content (AvgIpc) is 1.36. The lowest BCUT2D eigenvalue weighted by molar-refractivity contribution is 0.692. The van der Waals surface area contributed by atoms with Crippen molar-refractivity contribution in [2.24, 2.45) is 0 Å². The monoisotopic (exact) mass is 104 g/mol. The fourth-order valence-corrected chi connectivity index (χ4v) is 0. The molecule has 0 aromatic carbocycles. The first-order chi connectivity index (χ1) is 2.64. The molecule has 0 saturated carbocycles. The minimum atomic E-state index is -0.0761. The van der Waals surface area contributed by atoms with Crippen LogP contribution in [0.1, 0.15) is 0 Å². The molecule has 0 aliphatic carbocycles. The molecule has 6 heavy (non-hydrogen) atoms. The van der Waals surface area contributed by atoms with E-state index in [2.05, 4.69) is 17.6 Å². The summed E-state index contributed by atoms with van der Waals surface area (Å²) in [4.78, 5) is 0. The van der Waals surface area contributed by atoms with E-state index in [1.54, 1.807) is 0 Å². The second-order valence-electron chi connectivity index (χ2n) is 1.50. The van der Waals surface area contributed by atoms with Crippen molar-refractivity contribution >= 4 is 14.0 Å². The van der Waals surface area contributed by atoms with Gasteiger partial charge in [0.05, 0.1) is 6.30 Å². The van der Waals surface area contributed by atoms with Gasteiger partial charge in [0.25, 0.3) is 0 Å². The number of hydrogen-bond donors (Lipinski definition) is 0. The highest BCUT2D eigenvalue weighted by Crippen LogP contribution is 2.13. The summed E-state index contributed by atoms with van der Waals surface area (Å²) in [5.41, 5.74) is 0. The van der Waals surface area contributed by atoms with Gasteiger partial charge in [-0.2, -0.15) is 0 Å². The summed E-state index contributed by atoms with van der Waals surface area (Å²) in [6.45, 7) is 2.12. The van der Waals surface area contributed by atoms with Crippen LogP contribution in [0.15, 0.2) is 0 Å². The lowest BCUT2D eigenvalue weighted by atomic mass is 11.3. The largest absolute Gasteiger partial charge is 0.173 e. The Morgan fingerprint density at radius 3 is 1.67 bits per heavy atom. The maximum Gasteiger partial charge on any atom is 0.173 e. The van der Waals surface area contributed by atoms with Crippen LogP contribution in [0.3, 0.4) is 0 Å². The van der Waals surface area contributed by atoms with E-state index in [1.807, 2.05) is 14.1 Å². The third-order valence-electron chi connectivity index (χ3n) is 0.683. The zero-order valence-electron chi connectivity index (χ0n) is 4.60. The molecule has 0 aliphatic rings. The van der Waals surface area contributed by atoms with Gasteiger partial charge in [-0.05, 0) is 0 Å². The average molecular weight is 104 g/mol. The van der Waals surface area contributed by atoms with Gasteiger partial charge < -0.3 is 0 Å². The first-order valence-electron chi connectivity index (χ1n) is 1.86. The van der Waals surface area contributed by atoms with Crippen molar-refractivity contribution in [2.75, 3.05) is 20.8 Å². The molecular weight excluding hydrogens is 93.0 g/mol. The summed E-state index contributed by atoms with van der Waals surface area (Å²) in [5, 5.41) is 0. The van der Waals surface area contributed by atoms with E-state index in [0.717, 1.165) is 0 Å². The molecule has 0 aromatic heterocycles. The van der Waals surface area contributed by atoms with Crippen LogP contribution in [-0.2, 0) is 0 Å². The standard InChI is InChI=1S/C4H11NP/c1-5(2)6(3)4/h3H2,1-2,4H3/q+1. The molecule has 2 heteroatoms. The second kappa shape index (κ2) is 2.33. The molecule has 0 aromatic rings. The van der Waals surface area contributed by atoms with E-state index in [4.69, 9.17) is 0 Å². The summed E-state index contributed by atoms with van der Waals surface area (Å²) >= 11 is 0. The Morgan fingerprint density at radius 2 is 1.67 bits per heavy atom. The van der Waals surface area contributed by atoms with Crippen molar-refractivity contribution in [3.63, 3.8) is 0 Å². The molecule has 0 fully saturated rings. The molecule has 1 atom stereocenters. The first-order valence-corrected chi connectivity index (χ1v) is 3.78. The van der Waals surface area contributed by atoms with Gasteiger partial charge in [0.1, 0.15) is 6.66 Å². The quantitative estimate of drug-likeness (QED) is 0.449. The van der Waals surface area contributed by atoms with E-state index in [1.165, 1.54) is 0 Å². The van der Waals surface area contributed by atoms with E-state index < -0.39 is 0 Å². The van der Waals surface area contributed by atoms with Crippen LogP contribution in [0.4, 0.5) is 0 Å². The highest BCUT2D eigenvalue weighted by atomic mass is 31.1. The topological polar surface area (TPSA) is 3.24 Å². The molecule has 1 nitrogen and oxygen atoms in total. The van der Waals surface area contributed by atoms with Crippen molar-refractivity contribution in [1.29, 1.82) is 0 Å². The van der Waals surface area contributed by atoms with E-state index in [-0.39, 0.29) is 7.70 Å². The molecule has 0 radical (unpaired) electrons. The third-order valence-corrected chi connectivity index (χ3v) is 2.05. The van der Waals surface area contributed by atoms with E-state index in [9.17, 15) is 0 Å². The third kappa shape index (κ3) is 2.37. The van der Waals surface area contributed by atoms with Gasteiger partial charge >= 0.3 is 0 Å². The molecule has 0 saturated heterocycles. The first kappa shape index (κ1) is 6.13. The van der Waals surface area contributed by atoms with E-state index in [0.29, 0.717) is 0 Å². The van der Waals surface area contributed by atoms with E-state index >= 15 is 0 Å². The second-order valence-corrected chi connectivity index (χ2v) is 3.62. The lowest BCUT2D eigenvalue weighted by Gasteiger charge is -1.91. The predicted molar refractivity (Wildman–Crippen MR) is 33.7 cm³/mol. The Kier molecular flexibility index (Phi) is 2.38. The maximum absolute atomic E-state index is 3.83. The summed E-state index contributed by atoms with van der Waals surface area (Å²) in [5.74, 6) is 0. The van der Waals surface area contributed by atoms with Crippen LogP contribution in [0.25, 0.3) is 0 Å². The van der Waals surface area contributed by atoms with Gasteiger partial charge in [-0.15, -0.1) is 4.67 Å². The summed E-state index contributed by atoms with van der Waals surface area (Å²) in [6, 6.07) is 0. The minimum absolute atomic E-state index is 0.0761. The van der Waals surface area contributed by atoms with Crippen molar-refractivity contribution in [1.82, 2.24) is 4.67 Å². The Labute approximate surface area is 40.4 Å². The fourth-order valence-electron chi connectivity index (χ4n) is 0. The van der Waals surface area contributed by atoms with Gasteiger partial charge in [-0.25, -0.2) is 0 Å². The molecule has 0 aliphatic heterocycles. The summed E-state index contributed by atoms with van der Waals surface area (Å²) in [7, 11) is 4.00. The molecule has 0 rings (SSSR count). The fraction of sp³-hybridized carbons (Fsp3) is 0.750. The maximum atomic E-state index is 3.83. The van der Waals surface area contributed by atoms with Crippen LogP contribution in [0.5, 0.6) is 0 Å². The minimum Gasteiger partial charge on any atom is -0.139 e. The molecule has 0 bridgehead atoms. The highest BCUT2D eigenvalue weighted by molar-refractivity contribution is 7.52. The Bertz CT molecular complexity index is 58.6. The molecule has 0 heterocycles. The van der Waals surface area contributed by atoms with Crippen LogP contribution in [0.2, 0.25) is 0 Å². The SMILES string of the molecule is C=[P+](C)N(C)C. The van der Waals surface area contributed by atoms with Crippen LogP contribution >= 0.6 is 7.70 Å². The number of nitrogens with zero attached hydrogens (tertiary/aromatic N) is 1. The van der Waals surface area contributed by atoms with Crippen molar-refractivity contribution < 1.29 is 0 Å². The van der Waals surface area contributed by atoms with Crippen molar-refractivity contribution in [3.05, 3.63) is 0 Å². The predicted octanol–water partition coefficient (Wildman–Crippen LogP) is 1.01. The van der Waals surface area contributed by atoms with Crippen LogP contribution in [-0.4, -0.2) is 31.7 Å². The molecule has 0 amide bonds. The van der Waals surface area contributed by atoms with Gasteiger partial charge in [-0.1, -0.05) is 0 Å². The Balaban J connectivity index is 3.26. The van der Waals surface area contributed by atoms with Gasteiger partial charge in [0.15, 0.2) is 7.70 Å². The zero-order chi connectivity index (χ0) is 5.15. The van der Waals surface area contributed by atoms with Gasteiger partial charge in [0, 0.05) is 14.1 Å². The van der Waals surface area contributed by atoms with Gasteiger partial charge in [0.2, 0.25) is 0 Å². The molecule has 36 valence electrons. The molecule has 0 N–H and O–H groups in total. The zero-order valence-corrected chi connectivity index (χ0v) is 5.50. The van der Waals surface area contributed by atoms with Crippen molar-refractivity contribution in [2.45, 2.75) is 0 Å². The molecule has 1 unspecified atom stereocenters. The van der Waals surface area contributed by atoms with Crippen LogP contribution < -0.4 is 0 Å². The normalized spacial score (nSPS) is 12.3.